The number of nitrogens with zero attached hydrogens (tertiary/aromatic N) is 2. The quantitative estimate of drug-likeness (QED) is 0.899. The van der Waals surface area contributed by atoms with Crippen LogP contribution < -0.4 is 10.6 Å². The summed E-state index contributed by atoms with van der Waals surface area (Å²) < 4.78 is 0. The Balaban J connectivity index is 1.75. The molecule has 3 heteroatoms. The molecule has 0 spiro atoms. The number of piperidine rings is 1. The Morgan fingerprint density at radius 2 is 2.00 bits per heavy atom. The zero-order valence-electron chi connectivity index (χ0n) is 11.7. The number of para-hydroxylation sites is 1. The van der Waals surface area contributed by atoms with Gasteiger partial charge in [-0.2, -0.15) is 0 Å². The van der Waals surface area contributed by atoms with E-state index in [9.17, 15) is 0 Å². The molecule has 0 aliphatic carbocycles. The first-order valence-corrected chi connectivity index (χ1v) is 7.65. The van der Waals surface area contributed by atoms with E-state index in [0.717, 1.165) is 25.6 Å². The third kappa shape index (κ3) is 2.77. The fourth-order valence-corrected chi connectivity index (χ4v) is 3.56. The first-order valence-electron chi connectivity index (χ1n) is 7.65. The summed E-state index contributed by atoms with van der Waals surface area (Å²) >= 11 is 0. The van der Waals surface area contributed by atoms with Gasteiger partial charge in [-0.25, -0.2) is 0 Å². The van der Waals surface area contributed by atoms with Crippen molar-refractivity contribution in [3.8, 4) is 0 Å². The molecule has 1 atom stereocenters. The van der Waals surface area contributed by atoms with Crippen molar-refractivity contribution < 1.29 is 0 Å². The third-order valence-corrected chi connectivity index (χ3v) is 4.58. The molecule has 0 amide bonds. The molecule has 2 aliphatic rings. The van der Waals surface area contributed by atoms with E-state index in [1.807, 2.05) is 0 Å². The third-order valence-electron chi connectivity index (χ3n) is 4.58. The summed E-state index contributed by atoms with van der Waals surface area (Å²) in [7, 11) is 0. The van der Waals surface area contributed by atoms with E-state index < -0.39 is 0 Å². The van der Waals surface area contributed by atoms with Gasteiger partial charge in [-0.05, 0) is 44.0 Å². The SMILES string of the molecule is NCCc1ccccc1N1CCN2CCCCC2C1. The number of piperazine rings is 1. The second-order valence-corrected chi connectivity index (χ2v) is 5.80. The van der Waals surface area contributed by atoms with Gasteiger partial charge >= 0.3 is 0 Å². The van der Waals surface area contributed by atoms with E-state index >= 15 is 0 Å². The Hall–Kier alpha value is -1.06. The number of rotatable bonds is 3. The lowest BCUT2D eigenvalue weighted by molar-refractivity contribution is 0.133. The van der Waals surface area contributed by atoms with Gasteiger partial charge in [-0.1, -0.05) is 24.6 Å². The van der Waals surface area contributed by atoms with Crippen LogP contribution >= 0.6 is 0 Å². The predicted octanol–water partition coefficient (Wildman–Crippen LogP) is 1.86. The van der Waals surface area contributed by atoms with Crippen LogP contribution in [0.2, 0.25) is 0 Å². The molecule has 2 aliphatic heterocycles. The lowest BCUT2D eigenvalue weighted by atomic mass is 9.98. The van der Waals surface area contributed by atoms with Gasteiger partial charge in [0, 0.05) is 31.4 Å². The van der Waals surface area contributed by atoms with Gasteiger partial charge < -0.3 is 10.6 Å². The molecule has 2 N–H and O–H groups in total. The molecule has 1 aromatic carbocycles. The molecular formula is C16H25N3. The number of fused-ring (bicyclic) bond motifs is 1. The lowest BCUT2D eigenvalue weighted by Crippen LogP contribution is -2.55. The number of hydrogen-bond acceptors (Lipinski definition) is 3. The maximum atomic E-state index is 5.74. The molecule has 0 bridgehead atoms. The van der Waals surface area contributed by atoms with Crippen LogP contribution in [0.15, 0.2) is 24.3 Å². The molecule has 1 aromatic rings. The van der Waals surface area contributed by atoms with Gasteiger partial charge in [0.05, 0.1) is 0 Å². The highest BCUT2D eigenvalue weighted by atomic mass is 15.3. The summed E-state index contributed by atoms with van der Waals surface area (Å²) in [6, 6.07) is 9.56. The molecule has 0 saturated carbocycles. The van der Waals surface area contributed by atoms with Crippen LogP contribution in [-0.4, -0.2) is 43.7 Å². The molecule has 104 valence electrons. The van der Waals surface area contributed by atoms with Crippen molar-refractivity contribution in [1.82, 2.24) is 4.90 Å². The smallest absolute Gasteiger partial charge is 0.0400 e. The van der Waals surface area contributed by atoms with Crippen LogP contribution in [0.4, 0.5) is 5.69 Å². The van der Waals surface area contributed by atoms with Crippen LogP contribution in [-0.2, 0) is 6.42 Å². The minimum absolute atomic E-state index is 0.737. The maximum absolute atomic E-state index is 5.74. The van der Waals surface area contributed by atoms with Crippen molar-refractivity contribution in [2.45, 2.75) is 31.7 Å². The van der Waals surface area contributed by atoms with E-state index in [1.54, 1.807) is 0 Å². The molecule has 0 aromatic heterocycles. The van der Waals surface area contributed by atoms with E-state index in [4.69, 9.17) is 5.73 Å². The van der Waals surface area contributed by atoms with E-state index in [-0.39, 0.29) is 0 Å². The minimum atomic E-state index is 0.737. The monoisotopic (exact) mass is 259 g/mol. The Morgan fingerprint density at radius 3 is 2.89 bits per heavy atom. The average molecular weight is 259 g/mol. The van der Waals surface area contributed by atoms with Gasteiger partial charge in [-0.3, -0.25) is 4.90 Å². The highest BCUT2D eigenvalue weighted by Gasteiger charge is 2.29. The van der Waals surface area contributed by atoms with Crippen LogP contribution in [0.25, 0.3) is 0 Å². The molecule has 19 heavy (non-hydrogen) atoms. The molecule has 1 unspecified atom stereocenters. The summed E-state index contributed by atoms with van der Waals surface area (Å²) in [5.41, 5.74) is 8.56. The van der Waals surface area contributed by atoms with Gasteiger partial charge in [0.2, 0.25) is 0 Å². The van der Waals surface area contributed by atoms with Crippen molar-refractivity contribution >= 4 is 5.69 Å². The summed E-state index contributed by atoms with van der Waals surface area (Å²) in [5.74, 6) is 0. The van der Waals surface area contributed by atoms with Crippen molar-refractivity contribution in [3.05, 3.63) is 29.8 Å². The average Bonchev–Trinajstić information content (AvgIpc) is 2.48. The number of hydrogen-bond donors (Lipinski definition) is 1. The topological polar surface area (TPSA) is 32.5 Å². The summed E-state index contributed by atoms with van der Waals surface area (Å²) in [5, 5.41) is 0. The Bertz CT molecular complexity index is 418. The fraction of sp³-hybridized carbons (Fsp3) is 0.625. The van der Waals surface area contributed by atoms with Crippen LogP contribution in [0.3, 0.4) is 0 Å². The van der Waals surface area contributed by atoms with Gasteiger partial charge in [0.1, 0.15) is 0 Å². The summed E-state index contributed by atoms with van der Waals surface area (Å²) in [6.45, 7) is 5.63. The van der Waals surface area contributed by atoms with Crippen molar-refractivity contribution in [3.63, 3.8) is 0 Å². The zero-order chi connectivity index (χ0) is 13.1. The Kier molecular flexibility index (Phi) is 4.04. The molecule has 2 fully saturated rings. The molecule has 2 heterocycles. The normalized spacial score (nSPS) is 24.3. The van der Waals surface area contributed by atoms with Crippen LogP contribution in [0, 0.1) is 0 Å². The second kappa shape index (κ2) is 5.93. The highest BCUT2D eigenvalue weighted by molar-refractivity contribution is 5.54. The summed E-state index contributed by atoms with van der Waals surface area (Å²) in [6.07, 6.45) is 5.15. The molecule has 0 radical (unpaired) electrons. The van der Waals surface area contributed by atoms with Gasteiger partial charge in [-0.15, -0.1) is 0 Å². The molecule has 3 nitrogen and oxygen atoms in total. The van der Waals surface area contributed by atoms with Crippen molar-refractivity contribution in [1.29, 1.82) is 0 Å². The van der Waals surface area contributed by atoms with Crippen molar-refractivity contribution in [2.75, 3.05) is 37.6 Å². The second-order valence-electron chi connectivity index (χ2n) is 5.80. The molecule has 2 saturated heterocycles. The van der Waals surface area contributed by atoms with E-state index in [1.165, 1.54) is 50.1 Å². The maximum Gasteiger partial charge on any atom is 0.0400 e. The number of benzene rings is 1. The van der Waals surface area contributed by atoms with Crippen LogP contribution in [0.5, 0.6) is 0 Å². The minimum Gasteiger partial charge on any atom is -0.368 e. The van der Waals surface area contributed by atoms with Crippen molar-refractivity contribution in [2.24, 2.45) is 5.73 Å². The first-order chi connectivity index (χ1) is 9.38. The standard InChI is InChI=1S/C16H25N3/c17-9-8-14-5-1-2-7-16(14)19-12-11-18-10-4-3-6-15(18)13-19/h1-2,5,7,15H,3-4,6,8-13,17H2. The largest absolute Gasteiger partial charge is 0.368 e. The van der Waals surface area contributed by atoms with E-state index in [2.05, 4.69) is 34.1 Å². The predicted molar refractivity (Wildman–Crippen MR) is 80.6 cm³/mol. The highest BCUT2D eigenvalue weighted by Crippen LogP contribution is 2.27. The molecule has 3 rings (SSSR count). The van der Waals surface area contributed by atoms with Gasteiger partial charge in [0.25, 0.3) is 0 Å². The van der Waals surface area contributed by atoms with Crippen LogP contribution in [0.1, 0.15) is 24.8 Å². The first kappa shape index (κ1) is 12.9. The number of anilines is 1. The molecular weight excluding hydrogens is 234 g/mol. The Labute approximate surface area is 116 Å². The van der Waals surface area contributed by atoms with E-state index in [0.29, 0.717) is 0 Å². The Morgan fingerprint density at radius 1 is 1.11 bits per heavy atom. The number of nitrogens with two attached hydrogens (primary N) is 1. The zero-order valence-corrected chi connectivity index (χ0v) is 11.7. The fourth-order valence-electron chi connectivity index (χ4n) is 3.56. The lowest BCUT2D eigenvalue weighted by Gasteiger charge is -2.45. The summed E-state index contributed by atoms with van der Waals surface area (Å²) in [4.78, 5) is 5.27. The van der Waals surface area contributed by atoms with Gasteiger partial charge in [0.15, 0.2) is 0 Å².